The number of aliphatic hydroxyl groups is 1. The number of nitrogens with zero attached hydrogens (tertiary/aromatic N) is 3. The molecule has 17 heavy (non-hydrogen) atoms. The van der Waals surface area contributed by atoms with Crippen molar-refractivity contribution in [2.24, 2.45) is 0 Å². The van der Waals surface area contributed by atoms with Crippen LogP contribution in [0.5, 0.6) is 0 Å². The lowest BCUT2D eigenvalue weighted by Gasteiger charge is -2.16. The number of rotatable bonds is 2. The van der Waals surface area contributed by atoms with Crippen LogP contribution in [0.4, 0.5) is 5.95 Å². The summed E-state index contributed by atoms with van der Waals surface area (Å²) in [5, 5.41) is 9.88. The van der Waals surface area contributed by atoms with Gasteiger partial charge in [-0.2, -0.15) is 9.97 Å². The van der Waals surface area contributed by atoms with Crippen LogP contribution in [-0.2, 0) is 5.60 Å². The van der Waals surface area contributed by atoms with Crippen molar-refractivity contribution in [3.8, 4) is 11.4 Å². The highest BCUT2D eigenvalue weighted by Gasteiger charge is 2.21. The molecule has 2 rings (SSSR count). The quantitative estimate of drug-likeness (QED) is 0.813. The smallest absolute Gasteiger partial charge is 0.223 e. The summed E-state index contributed by atoms with van der Waals surface area (Å²) in [5.41, 5.74) is 5.32. The van der Waals surface area contributed by atoms with E-state index in [0.29, 0.717) is 5.82 Å². The van der Waals surface area contributed by atoms with Crippen molar-refractivity contribution in [2.75, 3.05) is 5.73 Å². The van der Waals surface area contributed by atoms with Gasteiger partial charge in [0.1, 0.15) is 5.60 Å². The molecule has 0 atom stereocenters. The summed E-state index contributed by atoms with van der Waals surface area (Å²) >= 11 is 0. The molecule has 0 aliphatic rings. The van der Waals surface area contributed by atoms with Crippen molar-refractivity contribution in [3.05, 3.63) is 36.2 Å². The van der Waals surface area contributed by atoms with E-state index in [1.165, 1.54) is 0 Å². The van der Waals surface area contributed by atoms with Crippen LogP contribution in [-0.4, -0.2) is 20.1 Å². The van der Waals surface area contributed by atoms with Gasteiger partial charge in [0.2, 0.25) is 5.95 Å². The molecule has 0 saturated heterocycles. The molecule has 0 bridgehead atoms. The molecule has 1 aromatic heterocycles. The third kappa shape index (κ3) is 2.57. The van der Waals surface area contributed by atoms with E-state index in [1.807, 2.05) is 30.3 Å². The Labute approximate surface area is 99.4 Å². The lowest BCUT2D eigenvalue weighted by Crippen LogP contribution is -2.21. The zero-order valence-corrected chi connectivity index (χ0v) is 9.75. The van der Waals surface area contributed by atoms with E-state index in [2.05, 4.69) is 15.0 Å². The lowest BCUT2D eigenvalue weighted by atomic mass is 10.1. The molecule has 0 amide bonds. The fraction of sp³-hybridized carbons (Fsp3) is 0.250. The standard InChI is InChI=1S/C12H14N4O/c1-12(2,17)10-14-9(15-11(13)16-10)8-6-4-3-5-7-8/h3-7,17H,1-2H3,(H2,13,14,15,16). The van der Waals surface area contributed by atoms with E-state index in [-0.39, 0.29) is 11.8 Å². The van der Waals surface area contributed by atoms with Crippen LogP contribution >= 0.6 is 0 Å². The fourth-order valence-corrected chi connectivity index (χ4v) is 1.38. The molecule has 1 heterocycles. The highest BCUT2D eigenvalue weighted by atomic mass is 16.3. The largest absolute Gasteiger partial charge is 0.382 e. The molecule has 2 aromatic rings. The second-order valence-corrected chi connectivity index (χ2v) is 4.27. The molecule has 3 N–H and O–H groups in total. The summed E-state index contributed by atoms with van der Waals surface area (Å²) < 4.78 is 0. The van der Waals surface area contributed by atoms with Crippen LogP contribution in [0.3, 0.4) is 0 Å². The van der Waals surface area contributed by atoms with Crippen molar-refractivity contribution >= 4 is 5.95 Å². The van der Waals surface area contributed by atoms with E-state index >= 15 is 0 Å². The number of anilines is 1. The van der Waals surface area contributed by atoms with Crippen molar-refractivity contribution in [1.29, 1.82) is 0 Å². The average molecular weight is 230 g/mol. The van der Waals surface area contributed by atoms with Crippen LogP contribution in [0.2, 0.25) is 0 Å². The molecule has 0 spiro atoms. The fourth-order valence-electron chi connectivity index (χ4n) is 1.38. The Hall–Kier alpha value is -2.01. The van der Waals surface area contributed by atoms with E-state index < -0.39 is 5.60 Å². The SMILES string of the molecule is CC(C)(O)c1nc(N)nc(-c2ccccc2)n1. The number of nitrogen functional groups attached to an aromatic ring is 1. The third-order valence-electron chi connectivity index (χ3n) is 2.23. The molecular weight excluding hydrogens is 216 g/mol. The Morgan fingerprint density at radius 1 is 1.06 bits per heavy atom. The monoisotopic (exact) mass is 230 g/mol. The van der Waals surface area contributed by atoms with E-state index in [4.69, 9.17) is 5.73 Å². The van der Waals surface area contributed by atoms with Gasteiger partial charge >= 0.3 is 0 Å². The molecule has 0 saturated carbocycles. The van der Waals surface area contributed by atoms with Gasteiger partial charge in [0.25, 0.3) is 0 Å². The van der Waals surface area contributed by atoms with E-state index in [1.54, 1.807) is 13.8 Å². The molecule has 5 nitrogen and oxygen atoms in total. The average Bonchev–Trinajstić information content (AvgIpc) is 2.28. The van der Waals surface area contributed by atoms with E-state index in [9.17, 15) is 5.11 Å². The Bertz CT molecular complexity index is 520. The molecule has 1 aromatic carbocycles. The zero-order chi connectivity index (χ0) is 12.5. The van der Waals surface area contributed by atoms with Crippen molar-refractivity contribution in [1.82, 2.24) is 15.0 Å². The zero-order valence-electron chi connectivity index (χ0n) is 9.75. The van der Waals surface area contributed by atoms with Gasteiger partial charge in [0.05, 0.1) is 0 Å². The number of hydrogen-bond acceptors (Lipinski definition) is 5. The summed E-state index contributed by atoms with van der Waals surface area (Å²) in [7, 11) is 0. The molecule has 0 radical (unpaired) electrons. The van der Waals surface area contributed by atoms with Crippen LogP contribution in [0.25, 0.3) is 11.4 Å². The Morgan fingerprint density at radius 2 is 1.71 bits per heavy atom. The summed E-state index contributed by atoms with van der Waals surface area (Å²) in [5.74, 6) is 0.843. The third-order valence-corrected chi connectivity index (χ3v) is 2.23. The number of nitrogens with two attached hydrogens (primary N) is 1. The van der Waals surface area contributed by atoms with Gasteiger partial charge in [-0.25, -0.2) is 4.98 Å². The highest BCUT2D eigenvalue weighted by Crippen LogP contribution is 2.20. The summed E-state index contributed by atoms with van der Waals surface area (Å²) in [6, 6.07) is 9.44. The van der Waals surface area contributed by atoms with Crippen molar-refractivity contribution < 1.29 is 5.11 Å². The second kappa shape index (κ2) is 4.10. The maximum Gasteiger partial charge on any atom is 0.223 e. The molecule has 0 fully saturated rings. The Morgan fingerprint density at radius 3 is 2.29 bits per heavy atom. The summed E-state index contributed by atoms with van der Waals surface area (Å²) in [6.07, 6.45) is 0. The van der Waals surface area contributed by atoms with Gasteiger partial charge in [-0.3, -0.25) is 0 Å². The topological polar surface area (TPSA) is 84.9 Å². The number of hydrogen-bond donors (Lipinski definition) is 2. The first-order valence-corrected chi connectivity index (χ1v) is 5.26. The number of benzene rings is 1. The van der Waals surface area contributed by atoms with Crippen molar-refractivity contribution in [2.45, 2.75) is 19.4 Å². The lowest BCUT2D eigenvalue weighted by molar-refractivity contribution is 0.0687. The van der Waals surface area contributed by atoms with Gasteiger partial charge in [-0.1, -0.05) is 30.3 Å². The first-order chi connectivity index (χ1) is 7.97. The van der Waals surface area contributed by atoms with Crippen LogP contribution in [0.15, 0.2) is 30.3 Å². The van der Waals surface area contributed by atoms with Crippen LogP contribution in [0.1, 0.15) is 19.7 Å². The maximum atomic E-state index is 9.88. The predicted molar refractivity (Wildman–Crippen MR) is 64.9 cm³/mol. The predicted octanol–water partition coefficient (Wildman–Crippen LogP) is 1.35. The molecule has 5 heteroatoms. The Kier molecular flexibility index (Phi) is 2.77. The molecule has 0 unspecified atom stereocenters. The van der Waals surface area contributed by atoms with Gasteiger partial charge < -0.3 is 10.8 Å². The minimum atomic E-state index is -1.14. The minimum Gasteiger partial charge on any atom is -0.382 e. The van der Waals surface area contributed by atoms with Gasteiger partial charge in [0, 0.05) is 5.56 Å². The Balaban J connectivity index is 2.54. The number of aromatic nitrogens is 3. The van der Waals surface area contributed by atoms with Crippen molar-refractivity contribution in [3.63, 3.8) is 0 Å². The summed E-state index contributed by atoms with van der Waals surface area (Å²) in [6.45, 7) is 3.22. The van der Waals surface area contributed by atoms with E-state index in [0.717, 1.165) is 5.56 Å². The second-order valence-electron chi connectivity index (χ2n) is 4.27. The normalized spacial score (nSPS) is 11.5. The van der Waals surface area contributed by atoms with Gasteiger partial charge in [0.15, 0.2) is 11.6 Å². The van der Waals surface area contributed by atoms with Gasteiger partial charge in [-0.15, -0.1) is 0 Å². The maximum absolute atomic E-state index is 9.88. The molecule has 0 aliphatic heterocycles. The first-order valence-electron chi connectivity index (χ1n) is 5.26. The first kappa shape index (κ1) is 11.5. The molecule has 0 aliphatic carbocycles. The molecular formula is C12H14N4O. The van der Waals surface area contributed by atoms with Crippen LogP contribution < -0.4 is 5.73 Å². The highest BCUT2D eigenvalue weighted by molar-refractivity contribution is 5.55. The minimum absolute atomic E-state index is 0.107. The summed E-state index contributed by atoms with van der Waals surface area (Å²) in [4.78, 5) is 12.2. The van der Waals surface area contributed by atoms with Gasteiger partial charge in [-0.05, 0) is 13.8 Å². The van der Waals surface area contributed by atoms with Crippen LogP contribution in [0, 0.1) is 0 Å². The molecule has 88 valence electrons.